The molecule has 0 radical (unpaired) electrons. The molecule has 96 valence electrons. The van der Waals surface area contributed by atoms with E-state index in [4.69, 9.17) is 4.74 Å². The van der Waals surface area contributed by atoms with Crippen LogP contribution in [0.1, 0.15) is 5.56 Å². The standard InChI is InChI=1S/C11H9Br3N2O2/c1-18-8-4-2-7(3-5-8)6-15-10(13)9(12)11(14)16(15)17/h2-5H,6H2,1H3. The van der Waals surface area contributed by atoms with E-state index < -0.39 is 0 Å². The molecule has 0 saturated carbocycles. The SMILES string of the molecule is COc1ccc(Cn2c(Br)c(Br)c(Br)[n+]2[O-])cc1. The summed E-state index contributed by atoms with van der Waals surface area (Å²) in [5, 5.41) is 11.9. The predicted molar refractivity (Wildman–Crippen MR) is 78.6 cm³/mol. The molecule has 0 atom stereocenters. The molecule has 1 aromatic heterocycles. The lowest BCUT2D eigenvalue weighted by atomic mass is 10.2. The summed E-state index contributed by atoms with van der Waals surface area (Å²) in [6, 6.07) is 7.58. The fourth-order valence-electron chi connectivity index (χ4n) is 1.51. The van der Waals surface area contributed by atoms with Crippen molar-refractivity contribution in [3.63, 3.8) is 0 Å². The van der Waals surface area contributed by atoms with Gasteiger partial charge in [0.2, 0.25) is 0 Å². The van der Waals surface area contributed by atoms with E-state index in [1.54, 1.807) is 11.8 Å². The van der Waals surface area contributed by atoms with Gasteiger partial charge in [-0.05, 0) is 49.6 Å². The predicted octanol–water partition coefficient (Wildman–Crippen LogP) is 3.47. The van der Waals surface area contributed by atoms with Gasteiger partial charge in [-0.2, -0.15) is 0 Å². The van der Waals surface area contributed by atoms with Crippen molar-refractivity contribution in [3.05, 3.63) is 48.7 Å². The first-order chi connectivity index (χ1) is 8.54. The number of benzene rings is 1. The highest BCUT2D eigenvalue weighted by Crippen LogP contribution is 2.29. The van der Waals surface area contributed by atoms with E-state index in [0.29, 0.717) is 20.2 Å². The molecule has 1 heterocycles. The van der Waals surface area contributed by atoms with Crippen molar-refractivity contribution in [2.24, 2.45) is 0 Å². The molecular formula is C11H9Br3N2O2. The number of hydrogen-bond donors (Lipinski definition) is 0. The van der Waals surface area contributed by atoms with E-state index in [0.717, 1.165) is 16.2 Å². The molecule has 18 heavy (non-hydrogen) atoms. The summed E-state index contributed by atoms with van der Waals surface area (Å²) in [4.78, 5) is 0.790. The number of halogens is 3. The number of nitrogens with zero attached hydrogens (tertiary/aromatic N) is 2. The van der Waals surface area contributed by atoms with Gasteiger partial charge in [0.05, 0.1) is 7.11 Å². The van der Waals surface area contributed by atoms with Gasteiger partial charge in [-0.25, -0.2) is 0 Å². The lowest BCUT2D eigenvalue weighted by molar-refractivity contribution is -0.704. The molecule has 2 aromatic rings. The lowest BCUT2D eigenvalue weighted by Gasteiger charge is -2.06. The summed E-state index contributed by atoms with van der Waals surface area (Å²) < 4.78 is 8.50. The van der Waals surface area contributed by atoms with E-state index in [9.17, 15) is 5.21 Å². The maximum atomic E-state index is 11.9. The normalized spacial score (nSPS) is 10.7. The Morgan fingerprint density at radius 2 is 1.83 bits per heavy atom. The number of hydrogen-bond acceptors (Lipinski definition) is 2. The monoisotopic (exact) mass is 438 g/mol. The van der Waals surface area contributed by atoms with Crippen LogP contribution in [-0.4, -0.2) is 11.8 Å². The van der Waals surface area contributed by atoms with Crippen molar-refractivity contribution in [2.75, 3.05) is 7.11 Å². The molecule has 0 aliphatic heterocycles. The lowest BCUT2D eigenvalue weighted by Crippen LogP contribution is -2.38. The molecule has 0 spiro atoms. The highest BCUT2D eigenvalue weighted by molar-refractivity contribution is 9.14. The number of ether oxygens (including phenoxy) is 1. The Morgan fingerprint density at radius 3 is 2.28 bits per heavy atom. The van der Waals surface area contributed by atoms with Crippen LogP contribution in [0.3, 0.4) is 0 Å². The third-order valence-electron chi connectivity index (χ3n) is 2.47. The second kappa shape index (κ2) is 5.63. The molecule has 0 saturated heterocycles. The van der Waals surface area contributed by atoms with E-state index in [2.05, 4.69) is 47.8 Å². The molecule has 1 aromatic carbocycles. The summed E-state index contributed by atoms with van der Waals surface area (Å²) in [6.45, 7) is 0.471. The third kappa shape index (κ3) is 2.57. The first-order valence-electron chi connectivity index (χ1n) is 5.00. The minimum absolute atomic E-state index is 0.447. The maximum Gasteiger partial charge on any atom is 0.301 e. The Morgan fingerprint density at radius 1 is 1.22 bits per heavy atom. The molecule has 0 bridgehead atoms. The van der Waals surface area contributed by atoms with Crippen LogP contribution in [0, 0.1) is 5.21 Å². The number of rotatable bonds is 3. The van der Waals surface area contributed by atoms with Crippen LogP contribution in [-0.2, 0) is 6.54 Å². The van der Waals surface area contributed by atoms with Crippen molar-refractivity contribution in [1.82, 2.24) is 4.68 Å². The van der Waals surface area contributed by atoms with Gasteiger partial charge in [0.1, 0.15) is 16.8 Å². The highest BCUT2D eigenvalue weighted by atomic mass is 79.9. The molecule has 0 aliphatic carbocycles. The Bertz CT molecular complexity index is 541. The summed E-state index contributed by atoms with van der Waals surface area (Å²) in [6.07, 6.45) is 0. The molecule has 0 unspecified atom stereocenters. The van der Waals surface area contributed by atoms with Crippen molar-refractivity contribution < 1.29 is 9.58 Å². The highest BCUT2D eigenvalue weighted by Gasteiger charge is 2.22. The van der Waals surface area contributed by atoms with Crippen LogP contribution in [0.15, 0.2) is 37.9 Å². The van der Waals surface area contributed by atoms with Gasteiger partial charge >= 0.3 is 4.60 Å². The average molecular weight is 441 g/mol. The third-order valence-corrected chi connectivity index (χ3v) is 5.79. The summed E-state index contributed by atoms with van der Waals surface area (Å²) >= 11 is 9.93. The fraction of sp³-hybridized carbons (Fsp3) is 0.182. The zero-order valence-corrected chi connectivity index (χ0v) is 14.1. The van der Waals surface area contributed by atoms with Gasteiger partial charge in [-0.15, -0.1) is 4.68 Å². The van der Waals surface area contributed by atoms with Gasteiger partial charge < -0.3 is 9.94 Å². The molecule has 4 nitrogen and oxygen atoms in total. The maximum absolute atomic E-state index is 11.9. The molecule has 0 fully saturated rings. The summed E-state index contributed by atoms with van der Waals surface area (Å²) in [7, 11) is 1.62. The Kier molecular flexibility index (Phi) is 4.34. The van der Waals surface area contributed by atoms with Gasteiger partial charge in [0.25, 0.3) is 0 Å². The Hall–Kier alpha value is -0.530. The topological polar surface area (TPSA) is 41.1 Å². The van der Waals surface area contributed by atoms with E-state index in [1.165, 1.54) is 0 Å². The van der Waals surface area contributed by atoms with Gasteiger partial charge in [-0.3, -0.25) is 0 Å². The quantitative estimate of drug-likeness (QED) is 0.541. The first kappa shape index (κ1) is 13.9. The second-order valence-electron chi connectivity index (χ2n) is 3.57. The van der Waals surface area contributed by atoms with E-state index in [1.807, 2.05) is 24.3 Å². The molecule has 7 heteroatoms. The van der Waals surface area contributed by atoms with E-state index >= 15 is 0 Å². The minimum atomic E-state index is 0.447. The average Bonchev–Trinajstić information content (AvgIpc) is 2.57. The fourth-order valence-corrected chi connectivity index (χ4v) is 2.96. The second-order valence-corrected chi connectivity index (χ2v) is 5.87. The zero-order valence-electron chi connectivity index (χ0n) is 9.36. The molecular weight excluding hydrogens is 432 g/mol. The first-order valence-corrected chi connectivity index (χ1v) is 7.38. The van der Waals surface area contributed by atoms with Gasteiger partial charge in [-0.1, -0.05) is 17.0 Å². The Balaban J connectivity index is 2.31. The largest absolute Gasteiger partial charge is 0.595 e. The molecule has 0 aliphatic rings. The van der Waals surface area contributed by atoms with Crippen LogP contribution in [0.5, 0.6) is 5.75 Å². The van der Waals surface area contributed by atoms with Crippen molar-refractivity contribution >= 4 is 47.8 Å². The minimum Gasteiger partial charge on any atom is -0.595 e. The number of aromatic nitrogens is 2. The van der Waals surface area contributed by atoms with Gasteiger partial charge in [0.15, 0.2) is 4.60 Å². The Labute approximate surface area is 130 Å². The summed E-state index contributed by atoms with van der Waals surface area (Å²) in [5.74, 6) is 0.794. The van der Waals surface area contributed by atoms with Crippen molar-refractivity contribution in [1.29, 1.82) is 0 Å². The van der Waals surface area contributed by atoms with Crippen molar-refractivity contribution in [3.8, 4) is 5.75 Å². The van der Waals surface area contributed by atoms with Crippen LogP contribution >= 0.6 is 47.8 Å². The van der Waals surface area contributed by atoms with E-state index in [-0.39, 0.29) is 0 Å². The van der Waals surface area contributed by atoms with Crippen molar-refractivity contribution in [2.45, 2.75) is 6.54 Å². The molecule has 2 rings (SSSR count). The molecule has 0 N–H and O–H groups in total. The zero-order chi connectivity index (χ0) is 13.3. The van der Waals surface area contributed by atoms with Crippen LogP contribution < -0.4 is 9.58 Å². The summed E-state index contributed by atoms with van der Waals surface area (Å²) in [5.41, 5.74) is 1.01. The van der Waals surface area contributed by atoms with Crippen LogP contribution in [0.4, 0.5) is 0 Å². The smallest absolute Gasteiger partial charge is 0.301 e. The molecule has 0 amide bonds. The number of methoxy groups -OCH3 is 1. The van der Waals surface area contributed by atoms with Crippen LogP contribution in [0.2, 0.25) is 0 Å². The van der Waals surface area contributed by atoms with Crippen LogP contribution in [0.25, 0.3) is 0 Å². The van der Waals surface area contributed by atoms with Gasteiger partial charge in [0, 0.05) is 15.9 Å².